The SMILES string of the molecule is CCOc1cccc(C(=O)N/N=C\c2cn[nH]c2-c2ccc(OC)cc2)c1. The number of aromatic amines is 1. The summed E-state index contributed by atoms with van der Waals surface area (Å²) in [5, 5.41) is 11.0. The average molecular weight is 364 g/mol. The zero-order valence-electron chi connectivity index (χ0n) is 15.1. The molecule has 0 saturated heterocycles. The van der Waals surface area contributed by atoms with Crippen LogP contribution in [0.15, 0.2) is 59.8 Å². The van der Waals surface area contributed by atoms with Crippen LogP contribution in [-0.2, 0) is 0 Å². The Bertz CT molecular complexity index is 932. The molecule has 1 aromatic heterocycles. The van der Waals surface area contributed by atoms with Crippen molar-refractivity contribution in [3.63, 3.8) is 0 Å². The van der Waals surface area contributed by atoms with Crippen LogP contribution in [0.2, 0.25) is 0 Å². The fraction of sp³-hybridized carbons (Fsp3) is 0.150. The van der Waals surface area contributed by atoms with Crippen molar-refractivity contribution < 1.29 is 14.3 Å². The molecule has 0 radical (unpaired) electrons. The van der Waals surface area contributed by atoms with Gasteiger partial charge in [0.25, 0.3) is 5.91 Å². The monoisotopic (exact) mass is 364 g/mol. The van der Waals surface area contributed by atoms with E-state index >= 15 is 0 Å². The summed E-state index contributed by atoms with van der Waals surface area (Å²) in [5.41, 5.74) is 5.48. The van der Waals surface area contributed by atoms with Crippen LogP contribution in [0, 0.1) is 0 Å². The molecule has 7 heteroatoms. The molecule has 7 nitrogen and oxygen atoms in total. The Morgan fingerprint density at radius 3 is 2.78 bits per heavy atom. The Kier molecular flexibility index (Phi) is 5.84. The first-order chi connectivity index (χ1) is 13.2. The van der Waals surface area contributed by atoms with Crippen LogP contribution in [-0.4, -0.2) is 36.0 Å². The van der Waals surface area contributed by atoms with E-state index in [1.165, 1.54) is 0 Å². The molecular formula is C20H20N4O3. The van der Waals surface area contributed by atoms with Crippen LogP contribution in [0.4, 0.5) is 0 Å². The van der Waals surface area contributed by atoms with Crippen molar-refractivity contribution in [2.75, 3.05) is 13.7 Å². The molecule has 3 aromatic rings. The number of nitrogens with zero attached hydrogens (tertiary/aromatic N) is 2. The van der Waals surface area contributed by atoms with Gasteiger partial charge in [-0.15, -0.1) is 0 Å². The summed E-state index contributed by atoms with van der Waals surface area (Å²) in [6, 6.07) is 14.5. The Hall–Kier alpha value is -3.61. The van der Waals surface area contributed by atoms with E-state index in [0.717, 1.165) is 22.6 Å². The minimum Gasteiger partial charge on any atom is -0.497 e. The molecule has 0 spiro atoms. The Labute approximate surface area is 157 Å². The number of H-pyrrole nitrogens is 1. The van der Waals surface area contributed by atoms with E-state index in [1.807, 2.05) is 31.2 Å². The molecule has 0 aliphatic rings. The summed E-state index contributed by atoms with van der Waals surface area (Å²) in [4.78, 5) is 12.2. The molecular weight excluding hydrogens is 344 g/mol. The summed E-state index contributed by atoms with van der Waals surface area (Å²) in [6.07, 6.45) is 3.19. The molecule has 0 atom stereocenters. The topological polar surface area (TPSA) is 88.6 Å². The Morgan fingerprint density at radius 2 is 2.04 bits per heavy atom. The molecule has 138 valence electrons. The highest BCUT2D eigenvalue weighted by Crippen LogP contribution is 2.22. The van der Waals surface area contributed by atoms with Gasteiger partial charge in [0.1, 0.15) is 11.5 Å². The quantitative estimate of drug-likeness (QED) is 0.497. The molecule has 0 fully saturated rings. The van der Waals surface area contributed by atoms with Crippen LogP contribution < -0.4 is 14.9 Å². The van der Waals surface area contributed by atoms with Crippen LogP contribution in [0.3, 0.4) is 0 Å². The number of hydrazone groups is 1. The van der Waals surface area contributed by atoms with E-state index in [9.17, 15) is 4.79 Å². The van der Waals surface area contributed by atoms with E-state index < -0.39 is 0 Å². The molecule has 0 saturated carbocycles. The van der Waals surface area contributed by atoms with Crippen molar-refractivity contribution >= 4 is 12.1 Å². The molecule has 2 aromatic carbocycles. The smallest absolute Gasteiger partial charge is 0.271 e. The second kappa shape index (κ2) is 8.66. The minimum atomic E-state index is -0.317. The molecule has 1 amide bonds. The molecule has 0 aliphatic heterocycles. The highest BCUT2D eigenvalue weighted by atomic mass is 16.5. The summed E-state index contributed by atoms with van der Waals surface area (Å²) >= 11 is 0. The van der Waals surface area contributed by atoms with Crippen LogP contribution >= 0.6 is 0 Å². The number of hydrogen-bond acceptors (Lipinski definition) is 5. The molecule has 3 rings (SSSR count). The zero-order valence-corrected chi connectivity index (χ0v) is 15.1. The highest BCUT2D eigenvalue weighted by molar-refractivity contribution is 5.96. The first-order valence-corrected chi connectivity index (χ1v) is 8.45. The lowest BCUT2D eigenvalue weighted by atomic mass is 10.1. The first kappa shape index (κ1) is 18.2. The number of carbonyl (C=O) groups is 1. The Balaban J connectivity index is 1.69. The number of benzene rings is 2. The van der Waals surface area contributed by atoms with Crippen LogP contribution in [0.25, 0.3) is 11.3 Å². The maximum atomic E-state index is 12.2. The van der Waals surface area contributed by atoms with E-state index in [4.69, 9.17) is 9.47 Å². The van der Waals surface area contributed by atoms with E-state index in [1.54, 1.807) is 43.8 Å². The van der Waals surface area contributed by atoms with Gasteiger partial charge in [-0.3, -0.25) is 9.89 Å². The number of amides is 1. The third-order valence-corrected chi connectivity index (χ3v) is 3.82. The van der Waals surface area contributed by atoms with Gasteiger partial charge in [0, 0.05) is 16.7 Å². The van der Waals surface area contributed by atoms with Gasteiger partial charge in [0.2, 0.25) is 0 Å². The van der Waals surface area contributed by atoms with Crippen molar-refractivity contribution in [1.29, 1.82) is 0 Å². The van der Waals surface area contributed by atoms with Gasteiger partial charge in [-0.25, -0.2) is 5.43 Å². The van der Waals surface area contributed by atoms with E-state index in [0.29, 0.717) is 17.9 Å². The van der Waals surface area contributed by atoms with Gasteiger partial charge in [-0.05, 0) is 49.4 Å². The van der Waals surface area contributed by atoms with Crippen molar-refractivity contribution in [3.05, 3.63) is 65.9 Å². The number of methoxy groups -OCH3 is 1. The van der Waals surface area contributed by atoms with Crippen molar-refractivity contribution in [2.45, 2.75) is 6.92 Å². The number of ether oxygens (including phenoxy) is 2. The van der Waals surface area contributed by atoms with Crippen LogP contribution in [0.5, 0.6) is 11.5 Å². The first-order valence-electron chi connectivity index (χ1n) is 8.45. The number of rotatable bonds is 7. The van der Waals surface area contributed by atoms with E-state index in [2.05, 4.69) is 20.7 Å². The van der Waals surface area contributed by atoms with Gasteiger partial charge in [0.05, 0.1) is 31.8 Å². The third-order valence-electron chi connectivity index (χ3n) is 3.82. The minimum absolute atomic E-state index is 0.317. The van der Waals surface area contributed by atoms with Crippen LogP contribution in [0.1, 0.15) is 22.8 Å². The lowest BCUT2D eigenvalue weighted by Crippen LogP contribution is -2.17. The fourth-order valence-corrected chi connectivity index (χ4v) is 2.50. The standard InChI is InChI=1S/C20H20N4O3/c1-3-27-18-6-4-5-15(11-18)20(25)24-22-13-16-12-21-23-19(16)14-7-9-17(26-2)10-8-14/h4-13H,3H2,1-2H3,(H,21,23)(H,24,25)/b22-13-. The lowest BCUT2D eigenvalue weighted by molar-refractivity contribution is 0.0954. The molecule has 27 heavy (non-hydrogen) atoms. The molecule has 0 aliphatic carbocycles. The summed E-state index contributed by atoms with van der Waals surface area (Å²) in [6.45, 7) is 2.43. The summed E-state index contributed by atoms with van der Waals surface area (Å²) in [7, 11) is 1.62. The maximum absolute atomic E-state index is 12.2. The van der Waals surface area contributed by atoms with Gasteiger partial charge in [-0.2, -0.15) is 10.2 Å². The number of aromatic nitrogens is 2. The zero-order chi connectivity index (χ0) is 19.1. The van der Waals surface area contributed by atoms with Crippen molar-refractivity contribution in [3.8, 4) is 22.8 Å². The molecule has 0 bridgehead atoms. The predicted molar refractivity (Wildman–Crippen MR) is 103 cm³/mol. The molecule has 1 heterocycles. The normalized spacial score (nSPS) is 10.7. The summed E-state index contributed by atoms with van der Waals surface area (Å²) < 4.78 is 10.6. The van der Waals surface area contributed by atoms with Gasteiger partial charge in [-0.1, -0.05) is 6.07 Å². The molecule has 0 unspecified atom stereocenters. The van der Waals surface area contributed by atoms with Gasteiger partial charge < -0.3 is 9.47 Å². The second-order valence-electron chi connectivity index (χ2n) is 5.59. The van der Waals surface area contributed by atoms with E-state index in [-0.39, 0.29) is 5.91 Å². The van der Waals surface area contributed by atoms with Gasteiger partial charge in [0.15, 0.2) is 0 Å². The largest absolute Gasteiger partial charge is 0.497 e. The van der Waals surface area contributed by atoms with Crippen molar-refractivity contribution in [1.82, 2.24) is 15.6 Å². The number of hydrogen-bond donors (Lipinski definition) is 2. The average Bonchev–Trinajstić information content (AvgIpc) is 3.17. The predicted octanol–water partition coefficient (Wildman–Crippen LogP) is 3.25. The molecule has 2 N–H and O–H groups in total. The van der Waals surface area contributed by atoms with Crippen molar-refractivity contribution in [2.24, 2.45) is 5.10 Å². The summed E-state index contributed by atoms with van der Waals surface area (Å²) in [5.74, 6) is 1.10. The Morgan fingerprint density at radius 1 is 1.22 bits per heavy atom. The second-order valence-corrected chi connectivity index (χ2v) is 5.59. The highest BCUT2D eigenvalue weighted by Gasteiger charge is 2.08. The van der Waals surface area contributed by atoms with Gasteiger partial charge >= 0.3 is 0 Å². The fourth-order valence-electron chi connectivity index (χ4n) is 2.50. The maximum Gasteiger partial charge on any atom is 0.271 e. The third kappa shape index (κ3) is 4.52. The number of carbonyl (C=O) groups excluding carboxylic acids is 1. The number of nitrogens with one attached hydrogen (secondary N) is 2. The lowest BCUT2D eigenvalue weighted by Gasteiger charge is -2.05.